The van der Waals surface area contributed by atoms with Crippen LogP contribution in [0.5, 0.6) is 0 Å². The first-order chi connectivity index (χ1) is 12.1. The molecule has 0 fully saturated rings. The Labute approximate surface area is 144 Å². The van der Waals surface area contributed by atoms with Crippen molar-refractivity contribution in [1.29, 1.82) is 0 Å². The molecule has 0 bridgehead atoms. The van der Waals surface area contributed by atoms with Gasteiger partial charge in [0.1, 0.15) is 17.5 Å². The van der Waals surface area contributed by atoms with E-state index in [9.17, 15) is 13.2 Å². The molecule has 0 radical (unpaired) electrons. The number of benzene rings is 3. The van der Waals surface area contributed by atoms with Gasteiger partial charge < -0.3 is 0 Å². The summed E-state index contributed by atoms with van der Waals surface area (Å²) in [6.45, 7) is 0. The summed E-state index contributed by atoms with van der Waals surface area (Å²) < 4.78 is 41.3. The van der Waals surface area contributed by atoms with Crippen molar-refractivity contribution in [1.82, 2.24) is 0 Å². The minimum Gasteiger partial charge on any atom is -0.206 e. The van der Waals surface area contributed by atoms with Crippen LogP contribution in [-0.4, -0.2) is 0 Å². The highest BCUT2D eigenvalue weighted by molar-refractivity contribution is 5.73. The molecule has 0 spiro atoms. The molecular formula is C22H15F3. The zero-order chi connectivity index (χ0) is 17.6. The minimum absolute atomic E-state index is 0.330. The number of hydrogen-bond acceptors (Lipinski definition) is 0. The molecule has 0 saturated carbocycles. The molecule has 0 saturated heterocycles. The minimum atomic E-state index is -0.428. The lowest BCUT2D eigenvalue weighted by atomic mass is 10.1. The predicted molar refractivity (Wildman–Crippen MR) is 97.1 cm³/mol. The summed E-state index contributed by atoms with van der Waals surface area (Å²) in [5.41, 5.74) is 1.80. The smallest absolute Gasteiger partial charge is 0.131 e. The van der Waals surface area contributed by atoms with Gasteiger partial charge in [-0.2, -0.15) is 0 Å². The van der Waals surface area contributed by atoms with E-state index in [1.54, 1.807) is 60.7 Å². The summed E-state index contributed by atoms with van der Waals surface area (Å²) in [6.07, 6.45) is 6.30. The van der Waals surface area contributed by atoms with Crippen molar-refractivity contribution in [2.75, 3.05) is 0 Å². The second kappa shape index (κ2) is 7.67. The molecule has 3 heteroatoms. The molecule has 0 aliphatic heterocycles. The predicted octanol–water partition coefficient (Wildman–Crippen LogP) is 6.44. The molecule has 0 aliphatic rings. The Kier molecular flexibility index (Phi) is 5.14. The first kappa shape index (κ1) is 16.8. The Bertz CT molecular complexity index is 940. The van der Waals surface area contributed by atoms with Gasteiger partial charge in [-0.3, -0.25) is 0 Å². The average Bonchev–Trinajstić information content (AvgIpc) is 2.61. The molecule has 3 rings (SSSR count). The van der Waals surface area contributed by atoms with Gasteiger partial charge in [-0.05, 0) is 23.8 Å². The first-order valence-electron chi connectivity index (χ1n) is 7.78. The van der Waals surface area contributed by atoms with Crippen LogP contribution in [0, 0.1) is 17.5 Å². The summed E-state index contributed by atoms with van der Waals surface area (Å²) in [4.78, 5) is 0. The third-order valence-corrected chi connectivity index (χ3v) is 3.73. The fourth-order valence-electron chi connectivity index (χ4n) is 2.37. The highest BCUT2D eigenvalue weighted by Crippen LogP contribution is 2.18. The van der Waals surface area contributed by atoms with Crippen molar-refractivity contribution in [2.45, 2.75) is 0 Å². The van der Waals surface area contributed by atoms with Gasteiger partial charge in [-0.15, -0.1) is 0 Å². The number of rotatable bonds is 4. The van der Waals surface area contributed by atoms with Gasteiger partial charge in [0.05, 0.1) is 0 Å². The van der Waals surface area contributed by atoms with Crippen LogP contribution in [0.2, 0.25) is 0 Å². The zero-order valence-corrected chi connectivity index (χ0v) is 13.3. The molecule has 0 atom stereocenters. The van der Waals surface area contributed by atoms with E-state index in [4.69, 9.17) is 0 Å². The maximum absolute atomic E-state index is 14.2. The van der Waals surface area contributed by atoms with Crippen LogP contribution in [0.1, 0.15) is 22.3 Å². The quantitative estimate of drug-likeness (QED) is 0.481. The maximum Gasteiger partial charge on any atom is 0.131 e. The van der Waals surface area contributed by atoms with E-state index < -0.39 is 5.82 Å². The molecule has 0 N–H and O–H groups in total. The third kappa shape index (κ3) is 4.27. The van der Waals surface area contributed by atoms with Crippen molar-refractivity contribution in [2.24, 2.45) is 0 Å². The monoisotopic (exact) mass is 336 g/mol. The maximum atomic E-state index is 14.2. The van der Waals surface area contributed by atoms with E-state index >= 15 is 0 Å². The highest BCUT2D eigenvalue weighted by atomic mass is 19.1. The molecular weight excluding hydrogens is 321 g/mol. The molecule has 0 amide bonds. The summed E-state index contributed by atoms with van der Waals surface area (Å²) in [6, 6.07) is 17.3. The van der Waals surface area contributed by atoms with Crippen molar-refractivity contribution >= 4 is 24.3 Å². The molecule has 0 aromatic heterocycles. The largest absolute Gasteiger partial charge is 0.206 e. The van der Waals surface area contributed by atoms with E-state index in [1.165, 1.54) is 30.4 Å². The molecule has 124 valence electrons. The summed E-state index contributed by atoms with van der Waals surface area (Å²) >= 11 is 0. The van der Waals surface area contributed by atoms with Gasteiger partial charge in [0.2, 0.25) is 0 Å². The summed E-state index contributed by atoms with van der Waals surface area (Å²) in [5, 5.41) is 0. The van der Waals surface area contributed by atoms with E-state index in [-0.39, 0.29) is 11.6 Å². The molecule has 0 unspecified atom stereocenters. The highest BCUT2D eigenvalue weighted by Gasteiger charge is 2.01. The normalized spacial score (nSPS) is 11.5. The molecule has 0 heterocycles. The number of hydrogen-bond donors (Lipinski definition) is 0. The van der Waals surface area contributed by atoms with Crippen LogP contribution >= 0.6 is 0 Å². The van der Waals surface area contributed by atoms with Crippen LogP contribution in [0.4, 0.5) is 13.2 Å². The standard InChI is InChI=1S/C22H15F3/c23-20-7-3-1-5-17(20)11-9-16-10-12-19(22(25)15-16)14-13-18-6-2-4-8-21(18)24/h1-15H. The van der Waals surface area contributed by atoms with Crippen LogP contribution in [-0.2, 0) is 0 Å². The van der Waals surface area contributed by atoms with Crippen LogP contribution in [0.15, 0.2) is 66.7 Å². The van der Waals surface area contributed by atoms with E-state index in [0.717, 1.165) is 0 Å². The van der Waals surface area contributed by atoms with Crippen LogP contribution in [0.3, 0.4) is 0 Å². The van der Waals surface area contributed by atoms with Gasteiger partial charge >= 0.3 is 0 Å². The van der Waals surface area contributed by atoms with Crippen molar-refractivity contribution in [3.05, 3.63) is 106 Å². The Morgan fingerprint density at radius 2 is 0.960 bits per heavy atom. The van der Waals surface area contributed by atoms with Gasteiger partial charge in [0.25, 0.3) is 0 Å². The first-order valence-corrected chi connectivity index (χ1v) is 7.78. The fourth-order valence-corrected chi connectivity index (χ4v) is 2.37. The van der Waals surface area contributed by atoms with Crippen LogP contribution < -0.4 is 0 Å². The van der Waals surface area contributed by atoms with E-state index in [2.05, 4.69) is 0 Å². The average molecular weight is 336 g/mol. The van der Waals surface area contributed by atoms with Gasteiger partial charge in [-0.25, -0.2) is 13.2 Å². The lowest BCUT2D eigenvalue weighted by Gasteiger charge is -2.01. The van der Waals surface area contributed by atoms with Crippen molar-refractivity contribution < 1.29 is 13.2 Å². The molecule has 0 nitrogen and oxygen atoms in total. The Hall–Kier alpha value is -3.07. The fraction of sp³-hybridized carbons (Fsp3) is 0. The zero-order valence-electron chi connectivity index (χ0n) is 13.3. The molecule has 0 aliphatic carbocycles. The third-order valence-electron chi connectivity index (χ3n) is 3.73. The summed E-state index contributed by atoms with van der Waals surface area (Å²) in [5.74, 6) is -1.12. The lowest BCUT2D eigenvalue weighted by Crippen LogP contribution is -1.85. The Morgan fingerprint density at radius 1 is 0.480 bits per heavy atom. The Balaban J connectivity index is 1.79. The van der Waals surface area contributed by atoms with Gasteiger partial charge in [0.15, 0.2) is 0 Å². The van der Waals surface area contributed by atoms with Gasteiger partial charge in [-0.1, -0.05) is 72.8 Å². The van der Waals surface area contributed by atoms with Crippen molar-refractivity contribution in [3.63, 3.8) is 0 Å². The second-order valence-electron chi connectivity index (χ2n) is 5.49. The molecule has 25 heavy (non-hydrogen) atoms. The topological polar surface area (TPSA) is 0 Å². The number of halogens is 3. The van der Waals surface area contributed by atoms with Crippen molar-refractivity contribution in [3.8, 4) is 0 Å². The SMILES string of the molecule is Fc1ccccc1C=Cc1ccc(C=Cc2ccccc2F)c(F)c1. The van der Waals surface area contributed by atoms with Gasteiger partial charge in [0, 0.05) is 16.7 Å². The molecule has 3 aromatic carbocycles. The van der Waals surface area contributed by atoms with Crippen LogP contribution in [0.25, 0.3) is 24.3 Å². The Morgan fingerprint density at radius 3 is 1.48 bits per heavy atom. The van der Waals surface area contributed by atoms with E-state index in [1.807, 2.05) is 0 Å². The second-order valence-corrected chi connectivity index (χ2v) is 5.49. The molecule has 3 aromatic rings. The van der Waals surface area contributed by atoms with E-state index in [0.29, 0.717) is 22.3 Å². The lowest BCUT2D eigenvalue weighted by molar-refractivity contribution is 0.623. The summed E-state index contributed by atoms with van der Waals surface area (Å²) in [7, 11) is 0.